The average molecular weight is 404 g/mol. The van der Waals surface area contributed by atoms with Crippen molar-refractivity contribution in [3.8, 4) is 0 Å². The van der Waals surface area contributed by atoms with E-state index in [9.17, 15) is 5.11 Å². The Hall–Kier alpha value is -0.100. The first-order chi connectivity index (χ1) is 13.6. The molecule has 2 rings (SSSR count). The van der Waals surface area contributed by atoms with Crippen LogP contribution in [0.3, 0.4) is 0 Å². The monoisotopic (exact) mass is 402 g/mol. The number of halogens is 2. The molecule has 19 heavy (non-hydrogen) atoms. The van der Waals surface area contributed by atoms with Gasteiger partial charge in [-0.25, -0.2) is 0 Å². The van der Waals surface area contributed by atoms with Crippen molar-refractivity contribution in [1.82, 2.24) is 4.90 Å². The third-order valence-corrected chi connectivity index (χ3v) is 3.44. The molecule has 3 N–H and O–H groups in total. The second-order valence-corrected chi connectivity index (χ2v) is 5.41. The van der Waals surface area contributed by atoms with E-state index in [0.717, 1.165) is 7.05 Å². The van der Waals surface area contributed by atoms with Gasteiger partial charge in [-0.3, -0.25) is 4.90 Å². The Bertz CT molecular complexity index is 864. The quantitative estimate of drug-likeness (QED) is 0.759. The number of hydrogen-bond acceptors (Lipinski definition) is 3. The first-order valence-electron chi connectivity index (χ1n) is 11.2. The topological polar surface area (TPSA) is 49.5 Å². The van der Waals surface area contributed by atoms with E-state index < -0.39 is 44.1 Å². The highest BCUT2D eigenvalue weighted by atomic mass is 79.9. The summed E-state index contributed by atoms with van der Waals surface area (Å²) in [6, 6.07) is -3.77. The number of benzene rings is 1. The molecular formula is C14H20Br2N2O. The van der Waals surface area contributed by atoms with Gasteiger partial charge in [-0.15, -0.1) is 0 Å². The second-order valence-electron chi connectivity index (χ2n) is 3.82. The van der Waals surface area contributed by atoms with Gasteiger partial charge in [0.15, 0.2) is 0 Å². The molecule has 0 amide bonds. The van der Waals surface area contributed by atoms with Crippen LogP contribution in [0, 0.1) is 0 Å². The van der Waals surface area contributed by atoms with Gasteiger partial charge in [0.05, 0.1) is 15.9 Å². The zero-order valence-corrected chi connectivity index (χ0v) is 13.1. The van der Waals surface area contributed by atoms with Gasteiger partial charge in [-0.1, -0.05) is 15.9 Å². The van der Waals surface area contributed by atoms with Crippen LogP contribution in [-0.4, -0.2) is 29.2 Å². The SMILES string of the molecule is [2H]c1c(Br)c([2H])c(CN(C)C2([2H])C([2H])([2H])C([2H])([2H])C([2H])(O)C([2H])([2H])C2([2H])[2H])c(N)c1Br. The molecule has 1 aromatic rings. The van der Waals surface area contributed by atoms with Crippen LogP contribution in [0.25, 0.3) is 0 Å². The summed E-state index contributed by atoms with van der Waals surface area (Å²) in [5.41, 5.74) is 5.79. The molecule has 0 unspecified atom stereocenters. The highest BCUT2D eigenvalue weighted by Gasteiger charge is 2.23. The summed E-state index contributed by atoms with van der Waals surface area (Å²) >= 11 is 6.15. The molecule has 0 heterocycles. The third kappa shape index (κ3) is 3.94. The molecule has 0 aliphatic heterocycles. The van der Waals surface area contributed by atoms with Crippen molar-refractivity contribution in [2.24, 2.45) is 0 Å². The molecule has 0 bridgehead atoms. The summed E-state index contributed by atoms with van der Waals surface area (Å²) in [4.78, 5) is 0.657. The van der Waals surface area contributed by atoms with Crippen LogP contribution in [0.5, 0.6) is 0 Å². The van der Waals surface area contributed by atoms with E-state index in [4.69, 9.17) is 22.2 Å². The smallest absolute Gasteiger partial charge is 0.0647 e. The van der Waals surface area contributed by atoms with Crippen molar-refractivity contribution in [3.63, 3.8) is 0 Å². The molecule has 5 heteroatoms. The minimum absolute atomic E-state index is 0.0110. The van der Waals surface area contributed by atoms with E-state index in [-0.39, 0.29) is 32.3 Å². The average Bonchev–Trinajstić information content (AvgIpc) is 2.65. The van der Waals surface area contributed by atoms with E-state index in [1.165, 1.54) is 0 Å². The van der Waals surface area contributed by atoms with Gasteiger partial charge < -0.3 is 10.8 Å². The molecule has 0 saturated heterocycles. The lowest BCUT2D eigenvalue weighted by molar-refractivity contribution is 0.0818. The zero-order valence-electron chi connectivity index (χ0n) is 21.9. The molecule has 3 nitrogen and oxygen atoms in total. The number of anilines is 1. The molecule has 1 fully saturated rings. The van der Waals surface area contributed by atoms with Gasteiger partial charge in [0.1, 0.15) is 0 Å². The highest BCUT2D eigenvalue weighted by molar-refractivity contribution is 9.11. The molecule has 0 atom stereocenters. The summed E-state index contributed by atoms with van der Waals surface area (Å²) in [7, 11) is 1.03. The summed E-state index contributed by atoms with van der Waals surface area (Å²) in [5, 5.41) is 10.2. The van der Waals surface area contributed by atoms with Crippen LogP contribution in [0.4, 0.5) is 5.69 Å². The molecular weight excluding hydrogens is 372 g/mol. The second kappa shape index (κ2) is 6.57. The van der Waals surface area contributed by atoms with Crippen molar-refractivity contribution in [1.29, 1.82) is 0 Å². The van der Waals surface area contributed by atoms with Gasteiger partial charge in [0, 0.05) is 33.8 Å². The maximum atomic E-state index is 10.2. The van der Waals surface area contributed by atoms with Gasteiger partial charge in [0.2, 0.25) is 0 Å². The molecule has 0 spiro atoms. The highest BCUT2D eigenvalue weighted by Crippen LogP contribution is 2.30. The van der Waals surface area contributed by atoms with Crippen LogP contribution in [-0.2, 0) is 6.54 Å². The van der Waals surface area contributed by atoms with Crippen molar-refractivity contribution < 1.29 is 21.6 Å². The molecule has 1 aliphatic rings. The number of aliphatic hydroxyl groups is 1. The zero-order chi connectivity index (χ0) is 24.7. The largest absolute Gasteiger partial charge is 0.398 e. The van der Waals surface area contributed by atoms with E-state index >= 15 is 0 Å². The Labute approximate surface area is 148 Å². The van der Waals surface area contributed by atoms with Crippen molar-refractivity contribution in [2.45, 2.75) is 44.1 Å². The number of nitrogens with two attached hydrogens (primary N) is 1. The molecule has 106 valence electrons. The Morgan fingerprint density at radius 2 is 2.11 bits per heavy atom. The minimum atomic E-state index is -3.86. The van der Waals surface area contributed by atoms with Crippen LogP contribution >= 0.6 is 31.9 Å². The lowest BCUT2D eigenvalue weighted by Crippen LogP contribution is -2.36. The van der Waals surface area contributed by atoms with Gasteiger partial charge in [-0.05, 0) is 66.1 Å². The van der Waals surface area contributed by atoms with Crippen LogP contribution in [0.1, 0.15) is 47.5 Å². The van der Waals surface area contributed by atoms with Crippen molar-refractivity contribution >= 4 is 37.5 Å². The first-order valence-corrected chi connectivity index (χ1v) is 6.82. The van der Waals surface area contributed by atoms with E-state index in [0.29, 0.717) is 4.90 Å². The standard InChI is InChI=1S/C14H20Br2N2O/c1-18(11-2-4-12(19)5-3-11)8-9-6-10(15)7-13(16)14(9)17/h6-7,11-12,19H,2-5,8,17H2,1H3/i2D2,3D2,4D2,5D2,6D,7D,11D,12D. The summed E-state index contributed by atoms with van der Waals surface area (Å²) in [6.45, 7) is -0.604. The molecule has 1 aromatic carbocycles. The Kier molecular flexibility index (Phi) is 2.06. The summed E-state index contributed by atoms with van der Waals surface area (Å²) in [6.07, 6.45) is -18.5. The van der Waals surface area contributed by atoms with Crippen LogP contribution < -0.4 is 5.73 Å². The van der Waals surface area contributed by atoms with Gasteiger partial charge >= 0.3 is 0 Å². The molecule has 1 saturated carbocycles. The van der Waals surface area contributed by atoms with E-state index in [2.05, 4.69) is 31.9 Å². The van der Waals surface area contributed by atoms with Crippen molar-refractivity contribution in [3.05, 3.63) is 26.6 Å². The minimum Gasteiger partial charge on any atom is -0.398 e. The molecule has 0 radical (unpaired) electrons. The predicted molar refractivity (Wildman–Crippen MR) is 86.0 cm³/mol. The Balaban J connectivity index is 2.77. The van der Waals surface area contributed by atoms with Crippen LogP contribution in [0.15, 0.2) is 21.0 Å². The first kappa shape index (κ1) is 5.95. The van der Waals surface area contributed by atoms with Gasteiger partial charge in [-0.2, -0.15) is 0 Å². The molecule has 1 aliphatic carbocycles. The predicted octanol–water partition coefficient (Wildman–Crippen LogP) is 3.53. The number of hydrogen-bond donors (Lipinski definition) is 2. The normalized spacial score (nSPS) is 51.4. The number of nitrogens with zero attached hydrogens (tertiary/aromatic N) is 1. The summed E-state index contributed by atoms with van der Waals surface area (Å²) < 4.78 is 97.5. The Morgan fingerprint density at radius 3 is 2.74 bits per heavy atom. The summed E-state index contributed by atoms with van der Waals surface area (Å²) in [5.74, 6) is 0. The Morgan fingerprint density at radius 1 is 1.47 bits per heavy atom. The van der Waals surface area contributed by atoms with Crippen molar-refractivity contribution in [2.75, 3.05) is 12.8 Å². The van der Waals surface area contributed by atoms with Gasteiger partial charge in [0.25, 0.3) is 0 Å². The third-order valence-electron chi connectivity index (χ3n) is 2.42. The molecule has 0 aromatic heterocycles. The lowest BCUT2D eigenvalue weighted by atomic mass is 9.92. The maximum Gasteiger partial charge on any atom is 0.0647 e. The fourth-order valence-electron chi connectivity index (χ4n) is 1.46. The fourth-order valence-corrected chi connectivity index (χ4v) is 2.60. The number of rotatable bonds is 3. The lowest BCUT2D eigenvalue weighted by Gasteiger charge is -2.33. The van der Waals surface area contributed by atoms with E-state index in [1.807, 2.05) is 0 Å². The number of nitrogen functional groups attached to an aromatic ring is 1. The maximum absolute atomic E-state index is 10.2. The van der Waals surface area contributed by atoms with Crippen LogP contribution in [0.2, 0.25) is 0 Å². The fraction of sp³-hybridized carbons (Fsp3) is 0.571. The van der Waals surface area contributed by atoms with E-state index in [1.54, 1.807) is 0 Å².